The van der Waals surface area contributed by atoms with Crippen LogP contribution in [0.25, 0.3) is 0 Å². The fourth-order valence-corrected chi connectivity index (χ4v) is 1.66. The second-order valence-corrected chi connectivity index (χ2v) is 5.57. The monoisotopic (exact) mass is 233 g/mol. The number of piperidine rings is 1. The zero-order chi connectivity index (χ0) is 11.5. The van der Waals surface area contributed by atoms with Crippen LogP contribution in [0.15, 0.2) is 0 Å². The Kier molecular flexibility index (Phi) is 4.41. The van der Waals surface area contributed by atoms with Crippen molar-refractivity contribution >= 4 is 17.5 Å². The van der Waals surface area contributed by atoms with E-state index in [4.69, 9.17) is 16.3 Å². The van der Waals surface area contributed by atoms with Gasteiger partial charge in [-0.2, -0.15) is 0 Å². The second-order valence-electron chi connectivity index (χ2n) is 4.96. The Labute approximate surface area is 96.7 Å². The van der Waals surface area contributed by atoms with Crippen molar-refractivity contribution in [3.63, 3.8) is 0 Å². The first-order valence-electron chi connectivity index (χ1n) is 5.44. The maximum absolute atomic E-state index is 11.7. The molecule has 1 rings (SSSR count). The molecule has 0 N–H and O–H groups in total. The van der Waals surface area contributed by atoms with Crippen LogP contribution in [-0.2, 0) is 9.53 Å². The van der Waals surface area contributed by atoms with Crippen LogP contribution in [0.2, 0.25) is 0 Å². The zero-order valence-electron chi connectivity index (χ0n) is 9.75. The van der Waals surface area contributed by atoms with Crippen LogP contribution in [0.4, 0.5) is 0 Å². The lowest BCUT2D eigenvalue weighted by molar-refractivity contribution is -0.141. The highest BCUT2D eigenvalue weighted by Crippen LogP contribution is 2.16. The highest BCUT2D eigenvalue weighted by atomic mass is 35.5. The maximum Gasteiger partial charge on any atom is 0.248 e. The fraction of sp³-hybridized carbons (Fsp3) is 0.909. The first kappa shape index (κ1) is 12.8. The lowest BCUT2D eigenvalue weighted by atomic mass is 10.1. The third kappa shape index (κ3) is 4.85. The van der Waals surface area contributed by atoms with Crippen LogP contribution in [0.3, 0.4) is 0 Å². The van der Waals surface area contributed by atoms with Crippen molar-refractivity contribution in [1.29, 1.82) is 0 Å². The summed E-state index contributed by atoms with van der Waals surface area (Å²) in [6.45, 7) is 7.55. The van der Waals surface area contributed by atoms with Gasteiger partial charge in [-0.1, -0.05) is 0 Å². The van der Waals surface area contributed by atoms with Gasteiger partial charge in [0.15, 0.2) is 0 Å². The summed E-state index contributed by atoms with van der Waals surface area (Å²) in [5.74, 6) is 0.0773. The highest BCUT2D eigenvalue weighted by molar-refractivity contribution is 6.20. The smallest absolute Gasteiger partial charge is 0.248 e. The highest BCUT2D eigenvalue weighted by Gasteiger charge is 2.22. The van der Waals surface area contributed by atoms with Crippen molar-refractivity contribution in [3.05, 3.63) is 0 Å². The van der Waals surface area contributed by atoms with Crippen molar-refractivity contribution < 1.29 is 9.53 Å². The van der Waals surface area contributed by atoms with Gasteiger partial charge in [-0.25, -0.2) is 0 Å². The average Bonchev–Trinajstić information content (AvgIpc) is 2.14. The van der Waals surface area contributed by atoms with Crippen molar-refractivity contribution in [3.8, 4) is 0 Å². The molecular formula is C11H20ClNO2. The van der Waals surface area contributed by atoms with Crippen LogP contribution in [-0.4, -0.2) is 41.5 Å². The number of alkyl halides is 1. The molecule has 1 heterocycles. The number of nitrogens with zero attached hydrogens (tertiary/aromatic N) is 1. The van der Waals surface area contributed by atoms with Crippen LogP contribution in [0, 0.1) is 0 Å². The van der Waals surface area contributed by atoms with Crippen LogP contribution in [0.1, 0.15) is 33.6 Å². The summed E-state index contributed by atoms with van der Waals surface area (Å²) in [7, 11) is 0. The summed E-state index contributed by atoms with van der Waals surface area (Å²) in [6.07, 6.45) is 1.78. The van der Waals surface area contributed by atoms with Gasteiger partial charge in [-0.15, -0.1) is 11.6 Å². The van der Waals surface area contributed by atoms with E-state index in [9.17, 15) is 4.79 Å². The summed E-state index contributed by atoms with van der Waals surface area (Å²) in [5.41, 5.74) is -0.250. The Morgan fingerprint density at radius 2 is 1.93 bits per heavy atom. The number of rotatable bonds is 2. The number of halogens is 1. The van der Waals surface area contributed by atoms with Gasteiger partial charge in [-0.05, 0) is 33.6 Å². The Bertz CT molecular complexity index is 217. The molecule has 0 bridgehead atoms. The van der Waals surface area contributed by atoms with E-state index >= 15 is 0 Å². The normalized spacial score (nSPS) is 19.3. The summed E-state index contributed by atoms with van der Waals surface area (Å²) in [5, 5.41) is 0.234. The molecule has 0 aliphatic carbocycles. The molecule has 0 spiro atoms. The van der Waals surface area contributed by atoms with Gasteiger partial charge in [-0.3, -0.25) is 4.79 Å². The Morgan fingerprint density at radius 1 is 1.40 bits per heavy atom. The van der Waals surface area contributed by atoms with Gasteiger partial charge in [0.1, 0.15) is 6.61 Å². The van der Waals surface area contributed by atoms with E-state index in [1.807, 2.05) is 25.7 Å². The van der Waals surface area contributed by atoms with Crippen LogP contribution >= 0.6 is 11.6 Å². The molecule has 0 radical (unpaired) electrons. The van der Waals surface area contributed by atoms with E-state index < -0.39 is 0 Å². The van der Waals surface area contributed by atoms with E-state index in [0.717, 1.165) is 25.9 Å². The Morgan fingerprint density at radius 3 is 2.40 bits per heavy atom. The molecule has 0 saturated carbocycles. The molecule has 15 heavy (non-hydrogen) atoms. The quantitative estimate of drug-likeness (QED) is 0.683. The van der Waals surface area contributed by atoms with E-state index in [0.29, 0.717) is 0 Å². The molecule has 0 unspecified atom stereocenters. The lowest BCUT2D eigenvalue weighted by Crippen LogP contribution is -2.41. The van der Waals surface area contributed by atoms with Crippen molar-refractivity contribution in [2.75, 3.05) is 19.7 Å². The van der Waals surface area contributed by atoms with Crippen molar-refractivity contribution in [1.82, 2.24) is 4.90 Å². The number of ether oxygens (including phenoxy) is 1. The third-order valence-corrected chi connectivity index (χ3v) is 2.84. The lowest BCUT2D eigenvalue weighted by Gasteiger charge is -2.30. The van der Waals surface area contributed by atoms with E-state index in [-0.39, 0.29) is 23.5 Å². The fourth-order valence-electron chi connectivity index (χ4n) is 1.47. The molecule has 1 aliphatic rings. The van der Waals surface area contributed by atoms with E-state index in [1.54, 1.807) is 0 Å². The summed E-state index contributed by atoms with van der Waals surface area (Å²) >= 11 is 5.97. The second kappa shape index (κ2) is 5.17. The Balaban J connectivity index is 2.29. The van der Waals surface area contributed by atoms with Gasteiger partial charge in [0, 0.05) is 18.5 Å². The number of carbonyl (C=O) groups is 1. The topological polar surface area (TPSA) is 29.5 Å². The molecule has 88 valence electrons. The zero-order valence-corrected chi connectivity index (χ0v) is 10.5. The molecular weight excluding hydrogens is 214 g/mol. The predicted octanol–water partition coefficient (Wildman–Crippen LogP) is 2.03. The number of hydrogen-bond acceptors (Lipinski definition) is 2. The van der Waals surface area contributed by atoms with Crippen LogP contribution < -0.4 is 0 Å². The maximum atomic E-state index is 11.7. The minimum atomic E-state index is -0.250. The summed E-state index contributed by atoms with van der Waals surface area (Å²) in [6, 6.07) is 0. The largest absolute Gasteiger partial charge is 0.366 e. The summed E-state index contributed by atoms with van der Waals surface area (Å²) in [4.78, 5) is 13.5. The molecule has 1 saturated heterocycles. The molecule has 0 aromatic heterocycles. The first-order valence-corrected chi connectivity index (χ1v) is 5.88. The van der Waals surface area contributed by atoms with Gasteiger partial charge < -0.3 is 9.64 Å². The SMILES string of the molecule is CC(C)(C)OCC(=O)N1CCC(Cl)CC1. The molecule has 3 nitrogen and oxygen atoms in total. The summed E-state index contributed by atoms with van der Waals surface area (Å²) < 4.78 is 5.45. The minimum Gasteiger partial charge on any atom is -0.366 e. The molecule has 4 heteroatoms. The third-order valence-electron chi connectivity index (χ3n) is 2.41. The first-order chi connectivity index (χ1) is 6.88. The van der Waals surface area contributed by atoms with Gasteiger partial charge >= 0.3 is 0 Å². The number of amides is 1. The molecule has 0 atom stereocenters. The van der Waals surface area contributed by atoms with Crippen LogP contribution in [0.5, 0.6) is 0 Å². The number of carbonyl (C=O) groups excluding carboxylic acids is 1. The molecule has 1 amide bonds. The van der Waals surface area contributed by atoms with E-state index in [1.165, 1.54) is 0 Å². The van der Waals surface area contributed by atoms with Gasteiger partial charge in [0.2, 0.25) is 5.91 Å². The Hall–Kier alpha value is -0.280. The van der Waals surface area contributed by atoms with E-state index in [2.05, 4.69) is 0 Å². The molecule has 1 fully saturated rings. The minimum absolute atomic E-state index is 0.0773. The molecule has 0 aromatic carbocycles. The van der Waals surface area contributed by atoms with Gasteiger partial charge in [0.05, 0.1) is 5.60 Å². The average molecular weight is 234 g/mol. The molecule has 0 aromatic rings. The molecule has 1 aliphatic heterocycles. The number of likely N-dealkylation sites (tertiary alicyclic amines) is 1. The van der Waals surface area contributed by atoms with Gasteiger partial charge in [0.25, 0.3) is 0 Å². The van der Waals surface area contributed by atoms with Crippen molar-refractivity contribution in [2.45, 2.75) is 44.6 Å². The standard InChI is InChI=1S/C11H20ClNO2/c1-11(2,3)15-8-10(14)13-6-4-9(12)5-7-13/h9H,4-8H2,1-3H3. The predicted molar refractivity (Wildman–Crippen MR) is 61.2 cm³/mol. The van der Waals surface area contributed by atoms with Crippen molar-refractivity contribution in [2.24, 2.45) is 0 Å². The number of hydrogen-bond donors (Lipinski definition) is 0.